The van der Waals surface area contributed by atoms with Crippen LogP contribution in [0.15, 0.2) is 24.3 Å². The second-order valence-corrected chi connectivity index (χ2v) is 5.05. The van der Waals surface area contributed by atoms with Gasteiger partial charge >= 0.3 is 6.18 Å². The Labute approximate surface area is 122 Å². The maximum atomic E-state index is 12.4. The summed E-state index contributed by atoms with van der Waals surface area (Å²) in [6.45, 7) is 3.19. The highest BCUT2D eigenvalue weighted by atomic mass is 19.4. The van der Waals surface area contributed by atoms with Crippen molar-refractivity contribution in [1.82, 2.24) is 10.6 Å². The third-order valence-corrected chi connectivity index (χ3v) is 3.17. The van der Waals surface area contributed by atoms with Crippen LogP contribution in [0.3, 0.4) is 0 Å². The van der Waals surface area contributed by atoms with E-state index in [1.54, 1.807) is 6.92 Å². The molecule has 21 heavy (non-hydrogen) atoms. The molecule has 1 aromatic carbocycles. The van der Waals surface area contributed by atoms with Gasteiger partial charge in [-0.15, -0.1) is 0 Å². The van der Waals surface area contributed by atoms with Gasteiger partial charge < -0.3 is 10.6 Å². The van der Waals surface area contributed by atoms with Gasteiger partial charge in [0, 0.05) is 12.5 Å². The Kier molecular flexibility index (Phi) is 6.68. The molecule has 0 bridgehead atoms. The standard InChI is InChI=1S/C15H21F3N2O/c1-11(14(21)20-9-3-8-19-2)10-12-4-6-13(7-5-12)15(16,17)18/h4-7,11,19H,3,8-10H2,1-2H3,(H,20,21). The van der Waals surface area contributed by atoms with E-state index in [1.165, 1.54) is 12.1 Å². The molecule has 1 atom stereocenters. The van der Waals surface area contributed by atoms with E-state index < -0.39 is 11.7 Å². The van der Waals surface area contributed by atoms with E-state index >= 15 is 0 Å². The van der Waals surface area contributed by atoms with Gasteiger partial charge in [-0.3, -0.25) is 4.79 Å². The Bertz CT molecular complexity index is 443. The van der Waals surface area contributed by atoms with Gasteiger partial charge in [0.2, 0.25) is 5.91 Å². The van der Waals surface area contributed by atoms with Crippen molar-refractivity contribution in [3.8, 4) is 0 Å². The van der Waals surface area contributed by atoms with Crippen LogP contribution in [0.1, 0.15) is 24.5 Å². The Morgan fingerprint density at radius 1 is 1.19 bits per heavy atom. The van der Waals surface area contributed by atoms with Crippen molar-refractivity contribution in [1.29, 1.82) is 0 Å². The van der Waals surface area contributed by atoms with Crippen LogP contribution in [0, 0.1) is 5.92 Å². The fourth-order valence-corrected chi connectivity index (χ4v) is 1.93. The highest BCUT2D eigenvalue weighted by molar-refractivity contribution is 5.78. The molecular weight excluding hydrogens is 281 g/mol. The number of hydrogen-bond donors (Lipinski definition) is 2. The first-order valence-electron chi connectivity index (χ1n) is 6.93. The van der Waals surface area contributed by atoms with Crippen LogP contribution in [0.5, 0.6) is 0 Å². The van der Waals surface area contributed by atoms with Gasteiger partial charge in [-0.05, 0) is 44.1 Å². The van der Waals surface area contributed by atoms with Crippen LogP contribution in [0.4, 0.5) is 13.2 Å². The smallest absolute Gasteiger partial charge is 0.356 e. The molecule has 0 saturated carbocycles. The summed E-state index contributed by atoms with van der Waals surface area (Å²) < 4.78 is 37.3. The van der Waals surface area contributed by atoms with E-state index in [1.807, 2.05) is 7.05 Å². The average molecular weight is 302 g/mol. The lowest BCUT2D eigenvalue weighted by Gasteiger charge is -2.13. The van der Waals surface area contributed by atoms with Crippen molar-refractivity contribution in [2.24, 2.45) is 5.92 Å². The van der Waals surface area contributed by atoms with Crippen LogP contribution in [-0.4, -0.2) is 26.0 Å². The maximum Gasteiger partial charge on any atom is 0.416 e. The molecule has 0 fully saturated rings. The zero-order chi connectivity index (χ0) is 15.9. The molecule has 0 radical (unpaired) electrons. The van der Waals surface area contributed by atoms with E-state index in [4.69, 9.17) is 0 Å². The first-order valence-corrected chi connectivity index (χ1v) is 6.93. The summed E-state index contributed by atoms with van der Waals surface area (Å²) >= 11 is 0. The van der Waals surface area contributed by atoms with Gasteiger partial charge in [-0.25, -0.2) is 0 Å². The first-order chi connectivity index (χ1) is 9.84. The van der Waals surface area contributed by atoms with Gasteiger partial charge in [-0.1, -0.05) is 19.1 Å². The van der Waals surface area contributed by atoms with Gasteiger partial charge in [0.15, 0.2) is 0 Å². The summed E-state index contributed by atoms with van der Waals surface area (Å²) in [6, 6.07) is 4.95. The van der Waals surface area contributed by atoms with Crippen LogP contribution >= 0.6 is 0 Å². The highest BCUT2D eigenvalue weighted by Crippen LogP contribution is 2.29. The van der Waals surface area contributed by atoms with E-state index in [2.05, 4.69) is 10.6 Å². The quantitative estimate of drug-likeness (QED) is 0.760. The number of hydrogen-bond acceptors (Lipinski definition) is 2. The number of halogens is 3. The van der Waals surface area contributed by atoms with E-state index in [-0.39, 0.29) is 11.8 Å². The lowest BCUT2D eigenvalue weighted by atomic mass is 9.99. The van der Waals surface area contributed by atoms with Crippen molar-refractivity contribution in [3.05, 3.63) is 35.4 Å². The Morgan fingerprint density at radius 3 is 2.33 bits per heavy atom. The highest BCUT2D eigenvalue weighted by Gasteiger charge is 2.30. The fourth-order valence-electron chi connectivity index (χ4n) is 1.93. The molecule has 1 rings (SSSR count). The topological polar surface area (TPSA) is 41.1 Å². The minimum atomic E-state index is -4.32. The summed E-state index contributed by atoms with van der Waals surface area (Å²) in [4.78, 5) is 11.8. The number of carbonyl (C=O) groups is 1. The van der Waals surface area contributed by atoms with Crippen LogP contribution in [0.2, 0.25) is 0 Å². The molecule has 3 nitrogen and oxygen atoms in total. The van der Waals surface area contributed by atoms with Gasteiger partial charge in [0.25, 0.3) is 0 Å². The molecule has 1 unspecified atom stereocenters. The predicted molar refractivity (Wildman–Crippen MR) is 75.9 cm³/mol. The molecule has 0 spiro atoms. The maximum absolute atomic E-state index is 12.4. The summed E-state index contributed by atoms with van der Waals surface area (Å²) in [6.07, 6.45) is -3.06. The number of nitrogens with one attached hydrogen (secondary N) is 2. The summed E-state index contributed by atoms with van der Waals surface area (Å²) in [5.74, 6) is -0.345. The monoisotopic (exact) mass is 302 g/mol. The number of rotatable bonds is 7. The molecule has 1 aromatic rings. The van der Waals surface area contributed by atoms with Crippen molar-refractivity contribution >= 4 is 5.91 Å². The fraction of sp³-hybridized carbons (Fsp3) is 0.533. The molecule has 0 saturated heterocycles. The first kappa shape index (κ1) is 17.5. The lowest BCUT2D eigenvalue weighted by Crippen LogP contribution is -2.32. The van der Waals surface area contributed by atoms with Crippen molar-refractivity contribution in [2.75, 3.05) is 20.1 Å². The molecule has 2 N–H and O–H groups in total. The normalized spacial score (nSPS) is 13.0. The van der Waals surface area contributed by atoms with Gasteiger partial charge in [0.05, 0.1) is 5.56 Å². The largest absolute Gasteiger partial charge is 0.416 e. The minimum absolute atomic E-state index is 0.0778. The van der Waals surface area contributed by atoms with Crippen molar-refractivity contribution in [2.45, 2.75) is 25.9 Å². The Morgan fingerprint density at radius 2 is 1.81 bits per heavy atom. The van der Waals surface area contributed by atoms with Gasteiger partial charge in [-0.2, -0.15) is 13.2 Å². The molecule has 1 amide bonds. The SMILES string of the molecule is CNCCCNC(=O)C(C)Cc1ccc(C(F)(F)F)cc1. The van der Waals surface area contributed by atoms with E-state index in [9.17, 15) is 18.0 Å². The number of alkyl halides is 3. The van der Waals surface area contributed by atoms with Crippen LogP contribution in [0.25, 0.3) is 0 Å². The zero-order valence-corrected chi connectivity index (χ0v) is 12.3. The van der Waals surface area contributed by atoms with E-state index in [0.29, 0.717) is 13.0 Å². The molecule has 6 heteroatoms. The predicted octanol–water partition coefficient (Wildman–Crippen LogP) is 2.61. The minimum Gasteiger partial charge on any atom is -0.356 e. The second-order valence-electron chi connectivity index (χ2n) is 5.05. The molecule has 118 valence electrons. The number of carbonyl (C=O) groups excluding carboxylic acids is 1. The van der Waals surface area contributed by atoms with Crippen LogP contribution in [-0.2, 0) is 17.4 Å². The van der Waals surface area contributed by atoms with Crippen molar-refractivity contribution < 1.29 is 18.0 Å². The zero-order valence-electron chi connectivity index (χ0n) is 12.3. The van der Waals surface area contributed by atoms with E-state index in [0.717, 1.165) is 30.7 Å². The summed E-state index contributed by atoms with van der Waals surface area (Å²) in [5.41, 5.74) is 0.0521. The van der Waals surface area contributed by atoms with Crippen molar-refractivity contribution in [3.63, 3.8) is 0 Å². The molecule has 0 heterocycles. The Balaban J connectivity index is 2.47. The third-order valence-electron chi connectivity index (χ3n) is 3.17. The number of amides is 1. The third kappa shape index (κ3) is 6.16. The molecular formula is C15H21F3N2O. The van der Waals surface area contributed by atoms with Gasteiger partial charge in [0.1, 0.15) is 0 Å². The summed E-state index contributed by atoms with van der Waals surface area (Å²) in [7, 11) is 1.84. The molecule has 0 aliphatic carbocycles. The molecule has 0 aromatic heterocycles. The number of benzene rings is 1. The molecule has 0 aliphatic heterocycles. The second kappa shape index (κ2) is 8.02. The summed E-state index contributed by atoms with van der Waals surface area (Å²) in [5, 5.41) is 5.80. The molecule has 0 aliphatic rings. The average Bonchev–Trinajstić information content (AvgIpc) is 2.43. The van der Waals surface area contributed by atoms with Crippen LogP contribution < -0.4 is 10.6 Å². The Hall–Kier alpha value is -1.56. The lowest BCUT2D eigenvalue weighted by molar-refractivity contribution is -0.137.